The Bertz CT molecular complexity index is 2540. The molecule has 4 heteroatoms. The third-order valence-corrected chi connectivity index (χ3v) is 8.71. The molecule has 0 aliphatic carbocycles. The summed E-state index contributed by atoms with van der Waals surface area (Å²) in [6, 6.07) is 56.0. The van der Waals surface area contributed by atoms with Crippen molar-refractivity contribution in [3.8, 4) is 56.3 Å². The van der Waals surface area contributed by atoms with Crippen molar-refractivity contribution in [1.29, 1.82) is 0 Å². The Labute approximate surface area is 271 Å². The van der Waals surface area contributed by atoms with Gasteiger partial charge in [-0.1, -0.05) is 146 Å². The minimum atomic E-state index is 0.658. The van der Waals surface area contributed by atoms with E-state index in [9.17, 15) is 0 Å². The summed E-state index contributed by atoms with van der Waals surface area (Å²) in [6.07, 6.45) is 0. The normalized spacial score (nSPS) is 11.4. The van der Waals surface area contributed by atoms with E-state index < -0.39 is 0 Å². The van der Waals surface area contributed by atoms with Gasteiger partial charge in [0.1, 0.15) is 11.2 Å². The fourth-order valence-corrected chi connectivity index (χ4v) is 6.41. The van der Waals surface area contributed by atoms with Crippen LogP contribution in [0.4, 0.5) is 0 Å². The number of hydrogen-bond donors (Lipinski definition) is 0. The largest absolute Gasteiger partial charge is 0.455 e. The number of pyridine rings is 1. The number of benzene rings is 6. The Morgan fingerprint density at radius 1 is 0.404 bits per heavy atom. The van der Waals surface area contributed by atoms with Gasteiger partial charge in [-0.2, -0.15) is 0 Å². The van der Waals surface area contributed by atoms with E-state index >= 15 is 0 Å². The Morgan fingerprint density at radius 3 is 1.72 bits per heavy atom. The summed E-state index contributed by atoms with van der Waals surface area (Å²) in [5.74, 6) is 0.658. The van der Waals surface area contributed by atoms with Crippen LogP contribution < -0.4 is 0 Å². The van der Waals surface area contributed by atoms with Crippen molar-refractivity contribution >= 4 is 32.8 Å². The van der Waals surface area contributed by atoms with Crippen molar-refractivity contribution in [3.63, 3.8) is 0 Å². The van der Waals surface area contributed by atoms with Gasteiger partial charge in [0.25, 0.3) is 0 Å². The zero-order valence-electron chi connectivity index (χ0n) is 25.3. The second-order valence-corrected chi connectivity index (χ2v) is 11.6. The lowest BCUT2D eigenvalue weighted by Gasteiger charge is -2.13. The second kappa shape index (κ2) is 11.2. The van der Waals surface area contributed by atoms with E-state index in [1.165, 1.54) is 5.56 Å². The lowest BCUT2D eigenvalue weighted by atomic mass is 9.99. The number of rotatable bonds is 5. The molecule has 0 fully saturated rings. The van der Waals surface area contributed by atoms with E-state index in [4.69, 9.17) is 19.4 Å². The summed E-state index contributed by atoms with van der Waals surface area (Å²) in [4.78, 5) is 15.7. The molecule has 0 aliphatic rings. The first-order chi connectivity index (χ1) is 23.3. The van der Waals surface area contributed by atoms with Crippen LogP contribution in [0.15, 0.2) is 168 Å². The van der Waals surface area contributed by atoms with Crippen molar-refractivity contribution in [2.75, 3.05) is 0 Å². The Morgan fingerprint density at radius 2 is 0.979 bits per heavy atom. The van der Waals surface area contributed by atoms with Gasteiger partial charge in [0, 0.05) is 33.0 Å². The molecule has 0 saturated carbocycles. The van der Waals surface area contributed by atoms with Crippen molar-refractivity contribution < 1.29 is 4.42 Å². The summed E-state index contributed by atoms with van der Waals surface area (Å²) in [6.45, 7) is 0. The Kier molecular flexibility index (Phi) is 6.43. The molecule has 0 saturated heterocycles. The molecule has 3 aromatic heterocycles. The van der Waals surface area contributed by atoms with Crippen LogP contribution in [0.3, 0.4) is 0 Å². The smallest absolute Gasteiger partial charge is 0.160 e. The maximum atomic E-state index is 6.58. The molecule has 47 heavy (non-hydrogen) atoms. The summed E-state index contributed by atoms with van der Waals surface area (Å²) < 4.78 is 6.58. The van der Waals surface area contributed by atoms with Crippen LogP contribution in [0.25, 0.3) is 89.1 Å². The monoisotopic (exact) mass is 601 g/mol. The molecule has 0 spiro atoms. The van der Waals surface area contributed by atoms with Gasteiger partial charge < -0.3 is 4.42 Å². The standard InChI is InChI=1S/C43H27N3O/c1-4-13-28(14-5-1)29-23-25-32(26-24-29)43-44-36(30-15-6-2-7-16-30)27-37(45-43)33-20-12-21-35-41(33)46-40(31-17-8-3-9-18-31)39-34-19-10-11-22-38(34)47-42(35)39/h1-27H. The molecule has 0 N–H and O–H groups in total. The summed E-state index contributed by atoms with van der Waals surface area (Å²) in [5, 5.41) is 3.01. The van der Waals surface area contributed by atoms with E-state index in [1.807, 2.05) is 60.7 Å². The lowest BCUT2D eigenvalue weighted by molar-refractivity contribution is 0.672. The first-order valence-corrected chi connectivity index (χ1v) is 15.7. The highest BCUT2D eigenvalue weighted by Gasteiger charge is 2.21. The van der Waals surface area contributed by atoms with Crippen LogP contribution >= 0.6 is 0 Å². The average Bonchev–Trinajstić information content (AvgIpc) is 3.55. The molecule has 0 aliphatic heterocycles. The zero-order valence-corrected chi connectivity index (χ0v) is 25.3. The van der Waals surface area contributed by atoms with E-state index in [1.54, 1.807) is 0 Å². The Balaban J connectivity index is 1.29. The van der Waals surface area contributed by atoms with Gasteiger partial charge in [-0.15, -0.1) is 0 Å². The highest BCUT2D eigenvalue weighted by atomic mass is 16.3. The maximum absolute atomic E-state index is 6.58. The molecule has 0 bridgehead atoms. The van der Waals surface area contributed by atoms with Gasteiger partial charge in [0.15, 0.2) is 5.82 Å². The number of aromatic nitrogens is 3. The van der Waals surface area contributed by atoms with Gasteiger partial charge in [0.2, 0.25) is 0 Å². The van der Waals surface area contributed by atoms with Crippen molar-refractivity contribution in [2.24, 2.45) is 0 Å². The van der Waals surface area contributed by atoms with Gasteiger partial charge in [-0.25, -0.2) is 15.0 Å². The highest BCUT2D eigenvalue weighted by molar-refractivity contribution is 6.20. The van der Waals surface area contributed by atoms with Gasteiger partial charge >= 0.3 is 0 Å². The molecule has 0 amide bonds. The summed E-state index contributed by atoms with van der Waals surface area (Å²) >= 11 is 0. The first kappa shape index (κ1) is 27.0. The minimum Gasteiger partial charge on any atom is -0.455 e. The van der Waals surface area contributed by atoms with E-state index in [-0.39, 0.29) is 0 Å². The zero-order chi connectivity index (χ0) is 31.2. The van der Waals surface area contributed by atoms with Crippen molar-refractivity contribution in [1.82, 2.24) is 15.0 Å². The van der Waals surface area contributed by atoms with Crippen LogP contribution in [0.2, 0.25) is 0 Å². The third-order valence-electron chi connectivity index (χ3n) is 8.71. The highest BCUT2D eigenvalue weighted by Crippen LogP contribution is 2.42. The van der Waals surface area contributed by atoms with Crippen molar-refractivity contribution in [2.45, 2.75) is 0 Å². The number of hydrogen-bond acceptors (Lipinski definition) is 4. The number of para-hydroxylation sites is 2. The van der Waals surface area contributed by atoms with Crippen LogP contribution in [0, 0.1) is 0 Å². The Hall–Kier alpha value is -6.39. The van der Waals surface area contributed by atoms with Crippen LogP contribution in [-0.2, 0) is 0 Å². The van der Waals surface area contributed by atoms with E-state index in [0.29, 0.717) is 5.82 Å². The quantitative estimate of drug-likeness (QED) is 0.197. The molecule has 9 aromatic rings. The van der Waals surface area contributed by atoms with Crippen LogP contribution in [-0.4, -0.2) is 15.0 Å². The lowest BCUT2D eigenvalue weighted by Crippen LogP contribution is -1.97. The van der Waals surface area contributed by atoms with Crippen LogP contribution in [0.5, 0.6) is 0 Å². The number of furan rings is 1. The maximum Gasteiger partial charge on any atom is 0.160 e. The predicted molar refractivity (Wildman–Crippen MR) is 192 cm³/mol. The second-order valence-electron chi connectivity index (χ2n) is 11.6. The molecule has 0 atom stereocenters. The fourth-order valence-electron chi connectivity index (χ4n) is 6.41. The molecule has 6 aromatic carbocycles. The molecular formula is C43H27N3O. The van der Waals surface area contributed by atoms with Gasteiger partial charge in [-0.3, -0.25) is 0 Å². The average molecular weight is 602 g/mol. The molecule has 220 valence electrons. The van der Waals surface area contributed by atoms with Gasteiger partial charge in [0.05, 0.1) is 28.0 Å². The molecule has 9 rings (SSSR count). The number of nitrogens with zero attached hydrogens (tertiary/aromatic N) is 3. The van der Waals surface area contributed by atoms with Crippen molar-refractivity contribution in [3.05, 3.63) is 164 Å². The molecule has 3 heterocycles. The first-order valence-electron chi connectivity index (χ1n) is 15.7. The fraction of sp³-hybridized carbons (Fsp3) is 0. The summed E-state index contributed by atoms with van der Waals surface area (Å²) in [5.41, 5.74) is 11.3. The van der Waals surface area contributed by atoms with E-state index in [2.05, 4.69) is 103 Å². The topological polar surface area (TPSA) is 51.8 Å². The molecule has 0 unspecified atom stereocenters. The number of fused-ring (bicyclic) bond motifs is 5. The summed E-state index contributed by atoms with van der Waals surface area (Å²) in [7, 11) is 0. The van der Waals surface area contributed by atoms with E-state index in [0.717, 1.165) is 77.7 Å². The minimum absolute atomic E-state index is 0.658. The SMILES string of the molecule is c1ccc(-c2ccc(-c3nc(-c4ccccc4)cc(-c4cccc5c4nc(-c4ccccc4)c4c6ccccc6oc54)n3)cc2)cc1. The van der Waals surface area contributed by atoms with Gasteiger partial charge in [-0.05, 0) is 29.3 Å². The third kappa shape index (κ3) is 4.75. The molecule has 0 radical (unpaired) electrons. The predicted octanol–water partition coefficient (Wildman–Crippen LogP) is 11.3. The molecular weight excluding hydrogens is 574 g/mol. The molecule has 4 nitrogen and oxygen atoms in total. The van der Waals surface area contributed by atoms with Crippen LogP contribution in [0.1, 0.15) is 0 Å².